The molecule has 0 saturated heterocycles. The zero-order valence-corrected chi connectivity index (χ0v) is 21.1. The van der Waals surface area contributed by atoms with Crippen LogP contribution in [0.5, 0.6) is 0 Å². The van der Waals surface area contributed by atoms with E-state index in [1.54, 1.807) is 6.07 Å². The summed E-state index contributed by atoms with van der Waals surface area (Å²) in [6, 6.07) is 11.8. The third-order valence-electron chi connectivity index (χ3n) is 8.34. The number of benzene rings is 2. The van der Waals surface area contributed by atoms with E-state index in [0.29, 0.717) is 23.0 Å². The fraction of sp³-hybridized carbons (Fsp3) is 0.613. The number of ether oxygens (including phenoxy) is 1. The highest BCUT2D eigenvalue weighted by atomic mass is 19.2. The summed E-state index contributed by atoms with van der Waals surface area (Å²) in [5, 5.41) is 0. The Balaban J connectivity index is 1.38. The second-order valence-electron chi connectivity index (χ2n) is 10.8. The van der Waals surface area contributed by atoms with Crippen LogP contribution in [0.1, 0.15) is 107 Å². The van der Waals surface area contributed by atoms with E-state index in [1.807, 2.05) is 18.2 Å². The molecule has 0 aliphatic heterocycles. The Morgan fingerprint density at radius 3 is 2.00 bits per heavy atom. The van der Waals surface area contributed by atoms with Gasteiger partial charge in [0.05, 0.1) is 0 Å². The van der Waals surface area contributed by atoms with Crippen molar-refractivity contribution >= 4 is 0 Å². The van der Waals surface area contributed by atoms with Gasteiger partial charge in [-0.05, 0) is 98.1 Å². The molecule has 0 radical (unpaired) electrons. The Kier molecular flexibility index (Phi) is 9.17. The van der Waals surface area contributed by atoms with Gasteiger partial charge in [-0.2, -0.15) is 0 Å². The minimum Gasteiger partial charge on any atom is -0.381 e. The van der Waals surface area contributed by atoms with Crippen molar-refractivity contribution in [3.63, 3.8) is 0 Å². The minimum absolute atomic E-state index is 0.108. The van der Waals surface area contributed by atoms with Crippen LogP contribution in [0.25, 0.3) is 11.1 Å². The number of hydrogen-bond donors (Lipinski definition) is 0. The van der Waals surface area contributed by atoms with Gasteiger partial charge >= 0.3 is 0 Å². The Morgan fingerprint density at radius 1 is 0.706 bits per heavy atom. The van der Waals surface area contributed by atoms with E-state index in [-0.39, 0.29) is 5.92 Å². The molecular weight excluding hydrogens is 426 g/mol. The van der Waals surface area contributed by atoms with Crippen molar-refractivity contribution in [3.05, 3.63) is 59.2 Å². The van der Waals surface area contributed by atoms with Gasteiger partial charge in [-0.3, -0.25) is 0 Å². The van der Waals surface area contributed by atoms with Crippen LogP contribution in [0.15, 0.2) is 36.4 Å². The molecule has 0 atom stereocenters. The van der Waals surface area contributed by atoms with Crippen molar-refractivity contribution in [1.29, 1.82) is 0 Å². The highest BCUT2D eigenvalue weighted by molar-refractivity contribution is 5.65. The fourth-order valence-electron chi connectivity index (χ4n) is 6.26. The van der Waals surface area contributed by atoms with Crippen LogP contribution in [-0.2, 0) is 4.74 Å². The van der Waals surface area contributed by atoms with Gasteiger partial charge in [0, 0.05) is 18.8 Å². The predicted octanol–water partition coefficient (Wildman–Crippen LogP) is 9.41. The summed E-state index contributed by atoms with van der Waals surface area (Å²) in [6.45, 7) is 6.00. The highest BCUT2D eigenvalue weighted by Gasteiger charge is 2.27. The zero-order valence-electron chi connectivity index (χ0n) is 21.1. The molecule has 3 heteroatoms. The molecule has 0 amide bonds. The van der Waals surface area contributed by atoms with Crippen molar-refractivity contribution < 1.29 is 13.5 Å². The van der Waals surface area contributed by atoms with Crippen LogP contribution >= 0.6 is 0 Å². The second-order valence-corrected chi connectivity index (χ2v) is 10.8. The van der Waals surface area contributed by atoms with Crippen LogP contribution in [0.3, 0.4) is 0 Å². The number of halogens is 2. The highest BCUT2D eigenvalue weighted by Crippen LogP contribution is 2.40. The minimum atomic E-state index is -0.696. The molecule has 0 aromatic heterocycles. The first-order valence-corrected chi connectivity index (χ1v) is 13.8. The van der Waals surface area contributed by atoms with Crippen molar-refractivity contribution in [3.8, 4) is 11.1 Å². The lowest BCUT2D eigenvalue weighted by Crippen LogP contribution is -2.19. The van der Waals surface area contributed by atoms with E-state index in [9.17, 15) is 0 Å². The van der Waals surface area contributed by atoms with Crippen LogP contribution in [0, 0.1) is 23.5 Å². The summed E-state index contributed by atoms with van der Waals surface area (Å²) in [5.74, 6) is 0.806. The second kappa shape index (κ2) is 12.3. The van der Waals surface area contributed by atoms with Crippen LogP contribution in [0.2, 0.25) is 0 Å². The molecule has 2 aromatic carbocycles. The lowest BCUT2D eigenvalue weighted by Gasteiger charge is -2.29. The van der Waals surface area contributed by atoms with Crippen LogP contribution in [-0.4, -0.2) is 13.2 Å². The van der Waals surface area contributed by atoms with E-state index in [0.717, 1.165) is 56.8 Å². The topological polar surface area (TPSA) is 9.23 Å². The summed E-state index contributed by atoms with van der Waals surface area (Å²) in [6.07, 6.45) is 12.7. The maximum absolute atomic E-state index is 15.2. The van der Waals surface area contributed by atoms with Gasteiger partial charge in [-0.1, -0.05) is 63.1 Å². The standard InChI is InChI=1S/C31H42F2O/c1-3-5-22-6-10-24(11-7-22)25-14-16-27(17-15-25)29-19-18-28(30(32)31(29)33)26-12-8-23(9-13-26)21-34-20-4-2/h14-19,22-24,26H,3-13,20-21H2,1-2H3. The first-order valence-electron chi connectivity index (χ1n) is 13.8. The average molecular weight is 469 g/mol. The fourth-order valence-corrected chi connectivity index (χ4v) is 6.26. The van der Waals surface area contributed by atoms with E-state index >= 15 is 8.78 Å². The molecular formula is C31H42F2O. The van der Waals surface area contributed by atoms with E-state index < -0.39 is 11.6 Å². The first kappa shape index (κ1) is 25.4. The third kappa shape index (κ3) is 6.08. The predicted molar refractivity (Wildman–Crippen MR) is 137 cm³/mol. The van der Waals surface area contributed by atoms with Crippen molar-refractivity contribution in [2.75, 3.05) is 13.2 Å². The third-order valence-corrected chi connectivity index (χ3v) is 8.34. The first-order chi connectivity index (χ1) is 16.6. The maximum atomic E-state index is 15.2. The monoisotopic (exact) mass is 468 g/mol. The number of hydrogen-bond acceptors (Lipinski definition) is 1. The molecule has 1 nitrogen and oxygen atoms in total. The molecule has 0 unspecified atom stereocenters. The summed E-state index contributed by atoms with van der Waals surface area (Å²) in [5.41, 5.74) is 3.04. The van der Waals surface area contributed by atoms with Gasteiger partial charge in [-0.25, -0.2) is 8.78 Å². The van der Waals surface area contributed by atoms with Crippen molar-refractivity contribution in [2.24, 2.45) is 11.8 Å². The van der Waals surface area contributed by atoms with Gasteiger partial charge in [0.2, 0.25) is 0 Å². The molecule has 2 fully saturated rings. The maximum Gasteiger partial charge on any atom is 0.166 e. The lowest BCUT2D eigenvalue weighted by atomic mass is 9.77. The molecule has 0 spiro atoms. The number of rotatable bonds is 9. The summed E-state index contributed by atoms with van der Waals surface area (Å²) < 4.78 is 36.0. The molecule has 0 heterocycles. The van der Waals surface area contributed by atoms with E-state index in [1.165, 1.54) is 44.1 Å². The Morgan fingerprint density at radius 2 is 1.35 bits per heavy atom. The smallest absolute Gasteiger partial charge is 0.166 e. The Labute approximate surface area is 205 Å². The van der Waals surface area contributed by atoms with Gasteiger partial charge in [0.15, 0.2) is 11.6 Å². The molecule has 2 aliphatic carbocycles. The van der Waals surface area contributed by atoms with Gasteiger partial charge in [-0.15, -0.1) is 0 Å². The van der Waals surface area contributed by atoms with Crippen LogP contribution < -0.4 is 0 Å². The summed E-state index contributed by atoms with van der Waals surface area (Å²) in [7, 11) is 0. The quantitative estimate of drug-likeness (QED) is 0.333. The normalized spacial score (nSPS) is 25.4. The SMILES string of the molecule is CCCOCC1CCC(c2ccc(-c3ccc(C4CCC(CCC)CC4)cc3)c(F)c2F)CC1. The van der Waals surface area contributed by atoms with Crippen LogP contribution in [0.4, 0.5) is 8.78 Å². The van der Waals surface area contributed by atoms with Gasteiger partial charge in [0.1, 0.15) is 0 Å². The summed E-state index contributed by atoms with van der Waals surface area (Å²) >= 11 is 0. The van der Waals surface area contributed by atoms with E-state index in [4.69, 9.17) is 4.74 Å². The average Bonchev–Trinajstić information content (AvgIpc) is 2.87. The van der Waals surface area contributed by atoms with Gasteiger partial charge < -0.3 is 4.74 Å². The largest absolute Gasteiger partial charge is 0.381 e. The van der Waals surface area contributed by atoms with Crippen molar-refractivity contribution in [2.45, 2.75) is 96.3 Å². The molecule has 2 saturated carbocycles. The lowest BCUT2D eigenvalue weighted by molar-refractivity contribution is 0.0830. The molecule has 0 bridgehead atoms. The van der Waals surface area contributed by atoms with E-state index in [2.05, 4.69) is 26.0 Å². The molecule has 186 valence electrons. The summed E-state index contributed by atoms with van der Waals surface area (Å²) in [4.78, 5) is 0. The Bertz CT molecular complexity index is 890. The Hall–Kier alpha value is -1.74. The molecule has 2 aromatic rings. The van der Waals surface area contributed by atoms with Crippen molar-refractivity contribution in [1.82, 2.24) is 0 Å². The molecule has 4 rings (SSSR count). The molecule has 2 aliphatic rings. The molecule has 34 heavy (non-hydrogen) atoms. The molecule has 0 N–H and O–H groups in total. The van der Waals surface area contributed by atoms with Gasteiger partial charge in [0.25, 0.3) is 0 Å². The zero-order chi connectivity index (χ0) is 23.9.